The number of nitrogens with zero attached hydrogens (tertiary/aromatic N) is 2. The standard InChI is InChI=1S/C13H17FN4S/c1-13(2,3)16-7-9-5-4-6-10(14)11(9)19-12-15-8-17-18-12/h4-6,8,16H,7H2,1-3H3,(H,15,17,18). The van der Waals surface area contributed by atoms with Crippen LogP contribution in [0.2, 0.25) is 0 Å². The molecule has 6 heteroatoms. The SMILES string of the molecule is CC(C)(C)NCc1cccc(F)c1Sc1ncn[nH]1. The van der Waals surface area contributed by atoms with Crippen molar-refractivity contribution in [2.75, 3.05) is 0 Å². The third kappa shape index (κ3) is 4.04. The lowest BCUT2D eigenvalue weighted by Crippen LogP contribution is -2.35. The van der Waals surface area contributed by atoms with Crippen molar-refractivity contribution in [1.29, 1.82) is 0 Å². The average Bonchev–Trinajstić information content (AvgIpc) is 2.82. The number of halogens is 1. The Labute approximate surface area is 116 Å². The van der Waals surface area contributed by atoms with Crippen LogP contribution in [0, 0.1) is 5.82 Å². The number of nitrogens with one attached hydrogen (secondary N) is 2. The van der Waals surface area contributed by atoms with Gasteiger partial charge in [0.05, 0.1) is 4.90 Å². The summed E-state index contributed by atoms with van der Waals surface area (Å²) in [6.07, 6.45) is 1.41. The predicted molar refractivity (Wildman–Crippen MR) is 73.5 cm³/mol. The number of hydrogen-bond acceptors (Lipinski definition) is 4. The molecule has 0 aliphatic heterocycles. The van der Waals surface area contributed by atoms with Crippen molar-refractivity contribution in [3.8, 4) is 0 Å². The van der Waals surface area contributed by atoms with E-state index in [1.165, 1.54) is 24.2 Å². The van der Waals surface area contributed by atoms with E-state index in [0.717, 1.165) is 5.56 Å². The zero-order valence-corrected chi connectivity index (χ0v) is 12.0. The van der Waals surface area contributed by atoms with Gasteiger partial charge in [-0.2, -0.15) is 5.10 Å². The van der Waals surface area contributed by atoms with Gasteiger partial charge >= 0.3 is 0 Å². The Morgan fingerprint density at radius 3 is 2.79 bits per heavy atom. The van der Waals surface area contributed by atoms with Crippen LogP contribution in [0.5, 0.6) is 0 Å². The van der Waals surface area contributed by atoms with Crippen molar-refractivity contribution in [3.05, 3.63) is 35.9 Å². The van der Waals surface area contributed by atoms with E-state index in [2.05, 4.69) is 41.3 Å². The molecule has 0 aliphatic rings. The van der Waals surface area contributed by atoms with Gasteiger partial charge in [0.15, 0.2) is 5.16 Å². The van der Waals surface area contributed by atoms with E-state index in [1.807, 2.05) is 6.07 Å². The molecular weight excluding hydrogens is 263 g/mol. The largest absolute Gasteiger partial charge is 0.308 e. The maximum atomic E-state index is 14.0. The second kappa shape index (κ2) is 5.71. The Balaban J connectivity index is 2.21. The predicted octanol–water partition coefficient (Wildman–Crippen LogP) is 2.98. The smallest absolute Gasteiger partial charge is 0.188 e. The molecule has 4 nitrogen and oxygen atoms in total. The maximum absolute atomic E-state index is 14.0. The third-order valence-electron chi connectivity index (χ3n) is 2.45. The quantitative estimate of drug-likeness (QED) is 0.904. The van der Waals surface area contributed by atoms with E-state index in [9.17, 15) is 4.39 Å². The van der Waals surface area contributed by atoms with Crippen LogP contribution in [0.25, 0.3) is 0 Å². The molecular formula is C13H17FN4S. The van der Waals surface area contributed by atoms with Crippen molar-refractivity contribution in [3.63, 3.8) is 0 Å². The minimum absolute atomic E-state index is 0.0134. The van der Waals surface area contributed by atoms with E-state index in [-0.39, 0.29) is 11.4 Å². The van der Waals surface area contributed by atoms with Crippen molar-refractivity contribution in [2.24, 2.45) is 0 Å². The van der Waals surface area contributed by atoms with Gasteiger partial charge in [-0.3, -0.25) is 5.10 Å². The molecule has 1 heterocycles. The summed E-state index contributed by atoms with van der Waals surface area (Å²) in [5.74, 6) is -0.241. The molecule has 2 N–H and O–H groups in total. The van der Waals surface area contributed by atoms with E-state index in [1.54, 1.807) is 6.07 Å². The first-order valence-corrected chi connectivity index (χ1v) is 6.83. The second-order valence-electron chi connectivity index (χ2n) is 5.22. The van der Waals surface area contributed by atoms with Crippen LogP contribution in [0.1, 0.15) is 26.3 Å². The van der Waals surface area contributed by atoms with Crippen molar-refractivity contribution in [1.82, 2.24) is 20.5 Å². The lowest BCUT2D eigenvalue weighted by atomic mass is 10.1. The highest BCUT2D eigenvalue weighted by Crippen LogP contribution is 2.30. The number of hydrogen-bond donors (Lipinski definition) is 2. The minimum Gasteiger partial charge on any atom is -0.308 e. The molecule has 0 amide bonds. The van der Waals surface area contributed by atoms with Gasteiger partial charge in [0.2, 0.25) is 0 Å². The number of H-pyrrole nitrogens is 1. The molecule has 0 saturated carbocycles. The van der Waals surface area contributed by atoms with Crippen molar-refractivity contribution in [2.45, 2.75) is 42.9 Å². The molecule has 0 aliphatic carbocycles. The normalized spacial score (nSPS) is 11.8. The summed E-state index contributed by atoms with van der Waals surface area (Å²) in [6.45, 7) is 6.85. The van der Waals surface area contributed by atoms with Crippen LogP contribution in [0.4, 0.5) is 4.39 Å². The molecule has 102 valence electrons. The van der Waals surface area contributed by atoms with Gasteiger partial charge < -0.3 is 5.32 Å². The van der Waals surface area contributed by atoms with Crippen LogP contribution in [0.3, 0.4) is 0 Å². The molecule has 0 spiro atoms. The first-order chi connectivity index (χ1) is 8.96. The van der Waals surface area contributed by atoms with Gasteiger partial charge in [0.1, 0.15) is 12.1 Å². The minimum atomic E-state index is -0.241. The number of benzene rings is 1. The molecule has 19 heavy (non-hydrogen) atoms. The van der Waals surface area contributed by atoms with Crippen LogP contribution in [-0.2, 0) is 6.54 Å². The molecule has 0 fully saturated rings. The fourth-order valence-corrected chi connectivity index (χ4v) is 2.34. The molecule has 2 rings (SSSR count). The number of aromatic nitrogens is 3. The van der Waals surface area contributed by atoms with Gasteiger partial charge in [0.25, 0.3) is 0 Å². The number of rotatable bonds is 4. The lowest BCUT2D eigenvalue weighted by molar-refractivity contribution is 0.421. The van der Waals surface area contributed by atoms with Crippen LogP contribution in [-0.4, -0.2) is 20.7 Å². The summed E-state index contributed by atoms with van der Waals surface area (Å²) in [5, 5.41) is 10.4. The van der Waals surface area contributed by atoms with Gasteiger partial charge in [-0.05, 0) is 44.2 Å². The third-order valence-corrected chi connectivity index (χ3v) is 3.50. The highest BCUT2D eigenvalue weighted by atomic mass is 32.2. The summed E-state index contributed by atoms with van der Waals surface area (Å²) < 4.78 is 14.0. The maximum Gasteiger partial charge on any atom is 0.188 e. The molecule has 0 saturated heterocycles. The molecule has 0 radical (unpaired) electrons. The average molecular weight is 280 g/mol. The molecule has 0 atom stereocenters. The Hall–Kier alpha value is -1.40. The fraction of sp³-hybridized carbons (Fsp3) is 0.385. The Morgan fingerprint density at radius 2 is 2.16 bits per heavy atom. The van der Waals surface area contributed by atoms with Gasteiger partial charge in [-0.15, -0.1) is 0 Å². The molecule has 1 aromatic carbocycles. The molecule has 1 aromatic heterocycles. The zero-order chi connectivity index (χ0) is 13.9. The Kier molecular flexibility index (Phi) is 4.21. The Bertz CT molecular complexity index is 534. The molecule has 0 unspecified atom stereocenters. The van der Waals surface area contributed by atoms with Crippen LogP contribution in [0.15, 0.2) is 34.6 Å². The van der Waals surface area contributed by atoms with Gasteiger partial charge in [0, 0.05) is 12.1 Å². The highest BCUT2D eigenvalue weighted by Gasteiger charge is 2.14. The topological polar surface area (TPSA) is 53.6 Å². The summed E-state index contributed by atoms with van der Waals surface area (Å²) in [5.41, 5.74) is 0.900. The lowest BCUT2D eigenvalue weighted by Gasteiger charge is -2.21. The summed E-state index contributed by atoms with van der Waals surface area (Å²) >= 11 is 1.25. The summed E-state index contributed by atoms with van der Waals surface area (Å²) in [7, 11) is 0. The monoisotopic (exact) mass is 280 g/mol. The van der Waals surface area contributed by atoms with Crippen LogP contribution >= 0.6 is 11.8 Å². The zero-order valence-electron chi connectivity index (χ0n) is 11.2. The van der Waals surface area contributed by atoms with Crippen molar-refractivity contribution >= 4 is 11.8 Å². The summed E-state index contributed by atoms with van der Waals surface area (Å²) in [6, 6.07) is 5.10. The number of aromatic amines is 1. The van der Waals surface area contributed by atoms with Gasteiger partial charge in [-0.25, -0.2) is 9.37 Å². The van der Waals surface area contributed by atoms with E-state index < -0.39 is 0 Å². The summed E-state index contributed by atoms with van der Waals surface area (Å²) in [4.78, 5) is 4.59. The highest BCUT2D eigenvalue weighted by molar-refractivity contribution is 7.99. The van der Waals surface area contributed by atoms with E-state index in [0.29, 0.717) is 16.6 Å². The first-order valence-electron chi connectivity index (χ1n) is 6.01. The van der Waals surface area contributed by atoms with E-state index >= 15 is 0 Å². The van der Waals surface area contributed by atoms with Crippen molar-refractivity contribution < 1.29 is 4.39 Å². The van der Waals surface area contributed by atoms with Crippen LogP contribution < -0.4 is 5.32 Å². The fourth-order valence-electron chi connectivity index (χ4n) is 1.51. The molecule has 2 aromatic rings. The Morgan fingerprint density at radius 1 is 1.37 bits per heavy atom. The first kappa shape index (κ1) is 14.0. The second-order valence-corrected chi connectivity index (χ2v) is 6.22. The molecule has 0 bridgehead atoms. The van der Waals surface area contributed by atoms with Gasteiger partial charge in [-0.1, -0.05) is 12.1 Å². The van der Waals surface area contributed by atoms with E-state index in [4.69, 9.17) is 0 Å².